The van der Waals surface area contributed by atoms with Gasteiger partial charge in [-0.05, 0) is 19.1 Å². The van der Waals surface area contributed by atoms with E-state index in [0.717, 1.165) is 17.0 Å². The summed E-state index contributed by atoms with van der Waals surface area (Å²) in [5.41, 5.74) is 1.73. The van der Waals surface area contributed by atoms with Crippen molar-refractivity contribution in [2.75, 3.05) is 10.6 Å². The SMILES string of the molecule is C=O.CC.Cc1ccc(NC(=O)Nc2cc(C(C)(C)C)on2)cc1. The topological polar surface area (TPSA) is 84.2 Å². The highest BCUT2D eigenvalue weighted by Gasteiger charge is 2.20. The van der Waals surface area contributed by atoms with E-state index >= 15 is 0 Å². The summed E-state index contributed by atoms with van der Waals surface area (Å²) in [5.74, 6) is 1.13. The summed E-state index contributed by atoms with van der Waals surface area (Å²) in [7, 11) is 0. The summed E-state index contributed by atoms with van der Waals surface area (Å²) in [6, 6.07) is 8.95. The molecule has 0 aliphatic rings. The van der Waals surface area contributed by atoms with Crippen molar-refractivity contribution in [3.63, 3.8) is 0 Å². The molecule has 6 heteroatoms. The van der Waals surface area contributed by atoms with E-state index in [0.29, 0.717) is 5.82 Å². The molecule has 2 rings (SSSR count). The van der Waals surface area contributed by atoms with Crippen molar-refractivity contribution in [3.05, 3.63) is 41.7 Å². The number of carbonyl (C=O) groups excluding carboxylic acids is 2. The van der Waals surface area contributed by atoms with Gasteiger partial charge < -0.3 is 14.6 Å². The molecule has 1 aromatic heterocycles. The first-order chi connectivity index (χ1) is 11.3. The largest absolute Gasteiger partial charge is 0.359 e. The van der Waals surface area contributed by atoms with Crippen molar-refractivity contribution < 1.29 is 14.1 Å². The standard InChI is InChI=1S/C15H19N3O2.C2H6.CH2O/c1-10-5-7-11(8-6-10)16-14(19)17-13-9-12(20-18-13)15(2,3)4;2*1-2/h5-9H,1-4H3,(H2,16,17,18,19);1-2H3;1H2. The number of rotatable bonds is 2. The number of aryl methyl sites for hydroxylation is 1. The van der Waals surface area contributed by atoms with Gasteiger partial charge in [-0.3, -0.25) is 5.32 Å². The summed E-state index contributed by atoms with van der Waals surface area (Å²) in [4.78, 5) is 19.8. The van der Waals surface area contributed by atoms with Gasteiger partial charge in [0.2, 0.25) is 0 Å². The monoisotopic (exact) mass is 333 g/mol. The second kappa shape index (κ2) is 10.2. The second-order valence-corrected chi connectivity index (χ2v) is 5.77. The molecule has 0 atom stereocenters. The van der Waals surface area contributed by atoms with Crippen LogP contribution in [0.2, 0.25) is 0 Å². The maximum Gasteiger partial charge on any atom is 0.324 e. The highest BCUT2D eigenvalue weighted by molar-refractivity contribution is 5.99. The number of hydrogen-bond donors (Lipinski definition) is 2. The van der Waals surface area contributed by atoms with E-state index in [9.17, 15) is 4.79 Å². The Morgan fingerprint density at radius 3 is 2.08 bits per heavy atom. The molecule has 0 radical (unpaired) electrons. The number of aromatic nitrogens is 1. The molecule has 2 amide bonds. The van der Waals surface area contributed by atoms with Crippen LogP contribution in [0, 0.1) is 6.92 Å². The Morgan fingerprint density at radius 1 is 1.08 bits per heavy atom. The number of nitrogens with one attached hydrogen (secondary N) is 2. The predicted molar refractivity (Wildman–Crippen MR) is 97.5 cm³/mol. The molecule has 0 spiro atoms. The molecule has 2 N–H and O–H groups in total. The van der Waals surface area contributed by atoms with Crippen LogP contribution in [0.1, 0.15) is 45.9 Å². The Morgan fingerprint density at radius 2 is 1.62 bits per heavy atom. The van der Waals surface area contributed by atoms with Gasteiger partial charge in [0.25, 0.3) is 0 Å². The molecule has 24 heavy (non-hydrogen) atoms. The smallest absolute Gasteiger partial charge is 0.324 e. The minimum absolute atomic E-state index is 0.139. The summed E-state index contributed by atoms with van der Waals surface area (Å²) in [6.45, 7) is 14.0. The van der Waals surface area contributed by atoms with Gasteiger partial charge in [-0.1, -0.05) is 57.5 Å². The minimum atomic E-state index is -0.345. The van der Waals surface area contributed by atoms with Crippen molar-refractivity contribution in [2.24, 2.45) is 0 Å². The van der Waals surface area contributed by atoms with Crippen LogP contribution in [0.4, 0.5) is 16.3 Å². The lowest BCUT2D eigenvalue weighted by atomic mass is 9.93. The number of nitrogens with zero attached hydrogens (tertiary/aromatic N) is 1. The molecule has 0 fully saturated rings. The van der Waals surface area contributed by atoms with Gasteiger partial charge >= 0.3 is 6.03 Å². The first kappa shape index (κ1) is 21.4. The van der Waals surface area contributed by atoms with Gasteiger partial charge in [-0.2, -0.15) is 0 Å². The lowest BCUT2D eigenvalue weighted by Gasteiger charge is -2.12. The van der Waals surface area contributed by atoms with Gasteiger partial charge in [0.15, 0.2) is 5.82 Å². The number of carbonyl (C=O) groups is 2. The third-order valence-electron chi connectivity index (χ3n) is 2.80. The number of amides is 2. The van der Waals surface area contributed by atoms with Gasteiger partial charge in [0.05, 0.1) is 0 Å². The fraction of sp³-hybridized carbons (Fsp3) is 0.389. The maximum absolute atomic E-state index is 11.8. The van der Waals surface area contributed by atoms with Crippen molar-refractivity contribution >= 4 is 24.3 Å². The Bertz CT molecular complexity index is 613. The van der Waals surface area contributed by atoms with Gasteiger partial charge in [0.1, 0.15) is 12.5 Å². The van der Waals surface area contributed by atoms with Crippen molar-refractivity contribution in [1.82, 2.24) is 5.16 Å². The van der Waals surface area contributed by atoms with E-state index in [4.69, 9.17) is 9.32 Å². The molecule has 0 saturated carbocycles. The molecule has 0 unspecified atom stereocenters. The average molecular weight is 333 g/mol. The molecule has 0 aliphatic heterocycles. The third-order valence-corrected chi connectivity index (χ3v) is 2.80. The number of benzene rings is 1. The lowest BCUT2D eigenvalue weighted by Crippen LogP contribution is -2.19. The molecule has 1 heterocycles. The van der Waals surface area contributed by atoms with Crippen LogP contribution in [0.15, 0.2) is 34.9 Å². The van der Waals surface area contributed by atoms with Gasteiger partial charge in [-0.15, -0.1) is 0 Å². The van der Waals surface area contributed by atoms with Crippen LogP contribution in [0.25, 0.3) is 0 Å². The van der Waals surface area contributed by atoms with E-state index in [1.807, 2.05) is 72.6 Å². The first-order valence-electron chi connectivity index (χ1n) is 7.75. The van der Waals surface area contributed by atoms with E-state index in [2.05, 4.69) is 15.8 Å². The molecule has 6 nitrogen and oxygen atoms in total. The number of anilines is 2. The van der Waals surface area contributed by atoms with Gasteiger partial charge in [0, 0.05) is 17.2 Å². The molecule has 0 saturated heterocycles. The Hall–Kier alpha value is -2.63. The van der Waals surface area contributed by atoms with Crippen molar-refractivity contribution in [1.29, 1.82) is 0 Å². The zero-order chi connectivity index (χ0) is 18.8. The van der Waals surface area contributed by atoms with Crippen LogP contribution in [0.3, 0.4) is 0 Å². The van der Waals surface area contributed by atoms with Crippen molar-refractivity contribution in [3.8, 4) is 0 Å². The molecule has 1 aromatic carbocycles. The second-order valence-electron chi connectivity index (χ2n) is 5.77. The third kappa shape index (κ3) is 7.09. The average Bonchev–Trinajstić information content (AvgIpc) is 3.02. The maximum atomic E-state index is 11.8. The quantitative estimate of drug-likeness (QED) is 0.829. The fourth-order valence-corrected chi connectivity index (χ4v) is 1.60. The highest BCUT2D eigenvalue weighted by Crippen LogP contribution is 2.24. The number of hydrogen-bond acceptors (Lipinski definition) is 4. The summed E-state index contributed by atoms with van der Waals surface area (Å²) < 4.78 is 5.20. The van der Waals surface area contributed by atoms with Crippen LogP contribution in [0.5, 0.6) is 0 Å². The zero-order valence-electron chi connectivity index (χ0n) is 15.3. The molecular formula is C18H27N3O3. The van der Waals surface area contributed by atoms with Crippen LogP contribution in [-0.4, -0.2) is 18.0 Å². The number of urea groups is 1. The molecule has 0 aliphatic carbocycles. The zero-order valence-corrected chi connectivity index (χ0v) is 15.3. The summed E-state index contributed by atoms with van der Waals surface area (Å²) >= 11 is 0. The molecule has 0 bridgehead atoms. The fourth-order valence-electron chi connectivity index (χ4n) is 1.60. The van der Waals surface area contributed by atoms with E-state index in [-0.39, 0.29) is 11.4 Å². The van der Waals surface area contributed by atoms with E-state index < -0.39 is 0 Å². The minimum Gasteiger partial charge on any atom is -0.359 e. The Balaban J connectivity index is 0.00000123. The molecule has 132 valence electrons. The van der Waals surface area contributed by atoms with Crippen LogP contribution < -0.4 is 10.6 Å². The highest BCUT2D eigenvalue weighted by atomic mass is 16.5. The van der Waals surface area contributed by atoms with Crippen LogP contribution >= 0.6 is 0 Å². The Kier molecular flexibility index (Phi) is 9.08. The normalized spacial score (nSPS) is 9.75. The summed E-state index contributed by atoms with van der Waals surface area (Å²) in [5, 5.41) is 9.21. The summed E-state index contributed by atoms with van der Waals surface area (Å²) in [6.07, 6.45) is 0. The van der Waals surface area contributed by atoms with E-state index in [1.54, 1.807) is 6.07 Å². The van der Waals surface area contributed by atoms with Crippen molar-refractivity contribution in [2.45, 2.75) is 47.0 Å². The van der Waals surface area contributed by atoms with Crippen LogP contribution in [-0.2, 0) is 10.2 Å². The van der Waals surface area contributed by atoms with Gasteiger partial charge in [-0.25, -0.2) is 4.79 Å². The lowest BCUT2D eigenvalue weighted by molar-refractivity contribution is -0.0979. The first-order valence-corrected chi connectivity index (χ1v) is 7.75. The predicted octanol–water partition coefficient (Wildman–Crippen LogP) is 4.77. The molecule has 2 aromatic rings. The molecular weight excluding hydrogens is 306 g/mol. The van der Waals surface area contributed by atoms with E-state index in [1.165, 1.54) is 0 Å². The Labute approximate surface area is 143 Å².